The predicted molar refractivity (Wildman–Crippen MR) is 76.9 cm³/mol. The van der Waals surface area contributed by atoms with Crippen molar-refractivity contribution >= 4 is 11.8 Å². The van der Waals surface area contributed by atoms with Crippen LogP contribution in [0.1, 0.15) is 24.9 Å². The van der Waals surface area contributed by atoms with Gasteiger partial charge in [-0.05, 0) is 12.1 Å². The topological polar surface area (TPSA) is 70.2 Å². The Balaban J connectivity index is 2.05. The first kappa shape index (κ1) is 16.4. The highest BCUT2D eigenvalue weighted by Gasteiger charge is 2.24. The van der Waals surface area contributed by atoms with E-state index < -0.39 is 23.6 Å². The molecule has 0 spiro atoms. The Morgan fingerprint density at radius 3 is 2.45 bits per heavy atom. The van der Waals surface area contributed by atoms with Crippen molar-refractivity contribution in [2.45, 2.75) is 19.4 Å². The Hall–Kier alpha value is -2.02. The summed E-state index contributed by atoms with van der Waals surface area (Å²) in [6.45, 7) is 3.44. The Labute approximate surface area is 127 Å². The van der Waals surface area contributed by atoms with Gasteiger partial charge < -0.3 is 16.0 Å². The second kappa shape index (κ2) is 7.31. The lowest BCUT2D eigenvalue weighted by Gasteiger charge is -2.27. The van der Waals surface area contributed by atoms with Gasteiger partial charge in [0.05, 0.1) is 12.5 Å². The molecule has 1 fully saturated rings. The van der Waals surface area contributed by atoms with Crippen LogP contribution in [-0.4, -0.2) is 31.4 Å². The lowest BCUT2D eigenvalue weighted by Crippen LogP contribution is -2.48. The van der Waals surface area contributed by atoms with Gasteiger partial charge in [-0.15, -0.1) is 0 Å². The number of hydrogen-bond acceptors (Lipinski definition) is 3. The average Bonchev–Trinajstić information content (AvgIpc) is 2.35. The van der Waals surface area contributed by atoms with Gasteiger partial charge in [-0.1, -0.05) is 6.07 Å². The summed E-state index contributed by atoms with van der Waals surface area (Å²) in [7, 11) is 0. The van der Waals surface area contributed by atoms with Gasteiger partial charge in [-0.3, -0.25) is 9.59 Å². The van der Waals surface area contributed by atoms with E-state index in [1.807, 2.05) is 0 Å². The summed E-state index contributed by atoms with van der Waals surface area (Å²) in [6, 6.07) is 2.41. The highest BCUT2D eigenvalue weighted by atomic mass is 19.1. The number of hydrogen-bond donors (Lipinski definition) is 3. The summed E-state index contributed by atoms with van der Waals surface area (Å²) in [4.78, 5) is 23.2. The van der Waals surface area contributed by atoms with Crippen molar-refractivity contribution in [2.75, 3.05) is 19.6 Å². The number of nitrogens with one attached hydrogen (secondary N) is 3. The maximum Gasteiger partial charge on any atom is 0.222 e. The van der Waals surface area contributed by atoms with Crippen LogP contribution >= 0.6 is 0 Å². The lowest BCUT2D eigenvalue weighted by atomic mass is 10.0. The molecule has 0 aromatic heterocycles. The minimum Gasteiger partial charge on any atom is -0.356 e. The number of rotatable bonds is 6. The van der Waals surface area contributed by atoms with Gasteiger partial charge in [0.1, 0.15) is 11.6 Å². The van der Waals surface area contributed by atoms with Crippen LogP contribution in [0.4, 0.5) is 8.78 Å². The summed E-state index contributed by atoms with van der Waals surface area (Å²) in [5.74, 6) is -1.99. The van der Waals surface area contributed by atoms with Crippen LogP contribution < -0.4 is 16.0 Å². The van der Waals surface area contributed by atoms with Gasteiger partial charge in [0.25, 0.3) is 0 Å². The zero-order valence-corrected chi connectivity index (χ0v) is 12.3. The lowest BCUT2D eigenvalue weighted by molar-refractivity contribution is -0.123. The summed E-state index contributed by atoms with van der Waals surface area (Å²) in [5.41, 5.74) is -0.293. The molecular weight excluding hydrogens is 292 g/mol. The molecule has 0 saturated carbocycles. The van der Waals surface area contributed by atoms with Gasteiger partial charge in [0, 0.05) is 38.0 Å². The molecule has 5 nitrogen and oxygen atoms in total. The molecule has 0 aliphatic carbocycles. The zero-order chi connectivity index (χ0) is 16.1. The maximum absolute atomic E-state index is 13.8. The number of carbonyl (C=O) groups is 2. The molecule has 0 bridgehead atoms. The summed E-state index contributed by atoms with van der Waals surface area (Å²) < 4.78 is 27.7. The molecular formula is C15H19F2N3O2. The molecule has 1 saturated heterocycles. The molecule has 1 aromatic rings. The molecule has 7 heteroatoms. The maximum atomic E-state index is 13.8. The standard InChI is InChI=1S/C15H19F2N3O2/c1-9(21)20-13(15-11(16)3-2-4-12(15)17)5-14(22)19-8-10-6-18-7-10/h2-4,10,13,18H,5-8H2,1H3,(H,19,22)(H,20,21). The predicted octanol–water partition coefficient (Wildman–Crippen LogP) is 0.868. The van der Waals surface area contributed by atoms with Crippen LogP contribution in [0.5, 0.6) is 0 Å². The summed E-state index contributed by atoms with van der Waals surface area (Å²) in [6.07, 6.45) is -0.211. The fourth-order valence-electron chi connectivity index (χ4n) is 2.32. The Morgan fingerprint density at radius 2 is 1.95 bits per heavy atom. The van der Waals surface area contributed by atoms with E-state index >= 15 is 0 Å². The van der Waals surface area contributed by atoms with Crippen molar-refractivity contribution in [3.8, 4) is 0 Å². The molecule has 0 radical (unpaired) electrons. The summed E-state index contributed by atoms with van der Waals surface area (Å²) in [5, 5.41) is 8.24. The molecule has 1 heterocycles. The van der Waals surface area contributed by atoms with Crippen molar-refractivity contribution < 1.29 is 18.4 Å². The molecule has 1 aromatic carbocycles. The van der Waals surface area contributed by atoms with Crippen LogP contribution in [0.15, 0.2) is 18.2 Å². The Bertz CT molecular complexity index is 541. The SMILES string of the molecule is CC(=O)NC(CC(=O)NCC1CNC1)c1c(F)cccc1F. The quantitative estimate of drug-likeness (QED) is 0.730. The van der Waals surface area contributed by atoms with Crippen LogP contribution in [0.25, 0.3) is 0 Å². The van der Waals surface area contributed by atoms with Crippen LogP contribution in [0.2, 0.25) is 0 Å². The van der Waals surface area contributed by atoms with Crippen LogP contribution in [0.3, 0.4) is 0 Å². The van der Waals surface area contributed by atoms with E-state index in [-0.39, 0.29) is 17.9 Å². The number of carbonyl (C=O) groups excluding carboxylic acids is 2. The van der Waals surface area contributed by atoms with E-state index in [9.17, 15) is 18.4 Å². The monoisotopic (exact) mass is 311 g/mol. The van der Waals surface area contributed by atoms with Gasteiger partial charge >= 0.3 is 0 Å². The molecule has 1 atom stereocenters. The first-order valence-corrected chi connectivity index (χ1v) is 7.15. The fraction of sp³-hybridized carbons (Fsp3) is 0.467. The Kier molecular flexibility index (Phi) is 5.43. The van der Waals surface area contributed by atoms with Crippen molar-refractivity contribution in [1.29, 1.82) is 0 Å². The van der Waals surface area contributed by atoms with Crippen molar-refractivity contribution in [1.82, 2.24) is 16.0 Å². The first-order chi connectivity index (χ1) is 10.5. The van der Waals surface area contributed by atoms with Gasteiger partial charge in [-0.25, -0.2) is 8.78 Å². The smallest absolute Gasteiger partial charge is 0.222 e. The van der Waals surface area contributed by atoms with E-state index in [0.717, 1.165) is 25.2 Å². The third-order valence-corrected chi connectivity index (χ3v) is 3.57. The molecule has 3 N–H and O–H groups in total. The highest BCUT2D eigenvalue weighted by Crippen LogP contribution is 2.23. The summed E-state index contributed by atoms with van der Waals surface area (Å²) >= 11 is 0. The third kappa shape index (κ3) is 4.24. The highest BCUT2D eigenvalue weighted by molar-refractivity contribution is 5.79. The molecule has 2 rings (SSSR count). The normalized spacial score (nSPS) is 15.8. The largest absolute Gasteiger partial charge is 0.356 e. The number of amides is 2. The van der Waals surface area contributed by atoms with Crippen LogP contribution in [-0.2, 0) is 9.59 Å². The van der Waals surface area contributed by atoms with Crippen molar-refractivity contribution in [2.24, 2.45) is 5.92 Å². The molecule has 1 unspecified atom stereocenters. The van der Waals surface area contributed by atoms with E-state index in [1.165, 1.54) is 13.0 Å². The third-order valence-electron chi connectivity index (χ3n) is 3.57. The van der Waals surface area contributed by atoms with E-state index in [2.05, 4.69) is 16.0 Å². The van der Waals surface area contributed by atoms with E-state index in [4.69, 9.17) is 0 Å². The van der Waals surface area contributed by atoms with E-state index in [1.54, 1.807) is 0 Å². The average molecular weight is 311 g/mol. The first-order valence-electron chi connectivity index (χ1n) is 7.15. The Morgan fingerprint density at radius 1 is 1.32 bits per heavy atom. The van der Waals surface area contributed by atoms with Crippen LogP contribution in [0, 0.1) is 17.6 Å². The molecule has 1 aliphatic rings. The number of halogens is 2. The van der Waals surface area contributed by atoms with Gasteiger partial charge in [0.15, 0.2) is 0 Å². The van der Waals surface area contributed by atoms with Gasteiger partial charge in [0.2, 0.25) is 11.8 Å². The second-order valence-electron chi connectivity index (χ2n) is 5.42. The second-order valence-corrected chi connectivity index (χ2v) is 5.42. The zero-order valence-electron chi connectivity index (χ0n) is 12.3. The molecule has 120 valence electrons. The molecule has 22 heavy (non-hydrogen) atoms. The molecule has 1 aliphatic heterocycles. The van der Waals surface area contributed by atoms with Gasteiger partial charge in [-0.2, -0.15) is 0 Å². The van der Waals surface area contributed by atoms with Crippen molar-refractivity contribution in [3.63, 3.8) is 0 Å². The van der Waals surface area contributed by atoms with Crippen molar-refractivity contribution in [3.05, 3.63) is 35.4 Å². The van der Waals surface area contributed by atoms with E-state index in [0.29, 0.717) is 12.5 Å². The molecule has 2 amide bonds. The fourth-order valence-corrected chi connectivity index (χ4v) is 2.32. The minimum absolute atomic E-state index is 0.211. The minimum atomic E-state index is -1.03. The number of benzene rings is 1.